The molecule has 1 fully saturated rings. The molecule has 0 bridgehead atoms. The second-order valence-corrected chi connectivity index (χ2v) is 5.48. The molecule has 1 heterocycles. The summed E-state index contributed by atoms with van der Waals surface area (Å²) in [6.45, 7) is 1.83. The molecule has 4 nitrogen and oxygen atoms in total. The number of rotatable bonds is 5. The van der Waals surface area contributed by atoms with Crippen LogP contribution in [0.25, 0.3) is 0 Å². The van der Waals surface area contributed by atoms with Crippen molar-refractivity contribution in [3.8, 4) is 0 Å². The van der Waals surface area contributed by atoms with E-state index < -0.39 is 11.9 Å². The van der Waals surface area contributed by atoms with E-state index in [0.717, 1.165) is 12.2 Å². The summed E-state index contributed by atoms with van der Waals surface area (Å²) < 4.78 is 0. The number of thioether (sulfide) groups is 1. The lowest BCUT2D eigenvalue weighted by Crippen LogP contribution is -2.33. The minimum absolute atomic E-state index is 0.0133. The zero-order chi connectivity index (χ0) is 12.0. The molecule has 2 N–H and O–H groups in total. The molecule has 0 aromatic heterocycles. The zero-order valence-corrected chi connectivity index (χ0v) is 10.4. The normalized spacial score (nSPS) is 22.4. The lowest BCUT2D eigenvalue weighted by Gasteiger charge is -2.20. The average molecular weight is 245 g/mol. The van der Waals surface area contributed by atoms with Crippen molar-refractivity contribution < 1.29 is 14.7 Å². The van der Waals surface area contributed by atoms with Crippen LogP contribution in [-0.4, -0.2) is 35.0 Å². The Morgan fingerprint density at radius 2 is 2.31 bits per heavy atom. The number of carboxylic acid groups (broad SMARTS) is 1. The van der Waals surface area contributed by atoms with Crippen LogP contribution < -0.4 is 5.32 Å². The number of carbonyl (C=O) groups excluding carboxylic acids is 1. The molecule has 0 aliphatic carbocycles. The van der Waals surface area contributed by atoms with Gasteiger partial charge >= 0.3 is 5.97 Å². The van der Waals surface area contributed by atoms with Gasteiger partial charge in [0.05, 0.1) is 5.92 Å². The molecule has 0 aromatic rings. The molecule has 5 heteroatoms. The predicted octanol–water partition coefficient (Wildman–Crippen LogP) is 1.36. The summed E-state index contributed by atoms with van der Waals surface area (Å²) in [5, 5.41) is 11.3. The van der Waals surface area contributed by atoms with Crippen LogP contribution in [0.15, 0.2) is 0 Å². The molecule has 0 aromatic carbocycles. The smallest absolute Gasteiger partial charge is 0.308 e. The van der Waals surface area contributed by atoms with E-state index in [4.69, 9.17) is 5.11 Å². The molecule has 0 radical (unpaired) electrons. The summed E-state index contributed by atoms with van der Waals surface area (Å²) in [5.74, 6) is 1.34. The van der Waals surface area contributed by atoms with E-state index in [1.807, 2.05) is 11.8 Å². The molecule has 2 atom stereocenters. The van der Waals surface area contributed by atoms with Crippen molar-refractivity contribution in [2.75, 3.05) is 18.1 Å². The van der Waals surface area contributed by atoms with Gasteiger partial charge in [0.2, 0.25) is 5.91 Å². The van der Waals surface area contributed by atoms with Crippen LogP contribution in [0.1, 0.15) is 26.2 Å². The van der Waals surface area contributed by atoms with E-state index in [-0.39, 0.29) is 12.5 Å². The first-order valence-electron chi connectivity index (χ1n) is 5.67. The minimum Gasteiger partial charge on any atom is -0.481 e. The van der Waals surface area contributed by atoms with Crippen molar-refractivity contribution >= 4 is 23.6 Å². The van der Waals surface area contributed by atoms with Crippen LogP contribution in [0.2, 0.25) is 0 Å². The van der Waals surface area contributed by atoms with Crippen molar-refractivity contribution in [3.63, 3.8) is 0 Å². The monoisotopic (exact) mass is 245 g/mol. The predicted molar refractivity (Wildman–Crippen MR) is 64.5 cm³/mol. The zero-order valence-electron chi connectivity index (χ0n) is 9.57. The van der Waals surface area contributed by atoms with Gasteiger partial charge in [0, 0.05) is 13.0 Å². The largest absolute Gasteiger partial charge is 0.481 e. The number of hydrogen-bond acceptors (Lipinski definition) is 3. The van der Waals surface area contributed by atoms with Crippen LogP contribution in [0.5, 0.6) is 0 Å². The highest BCUT2D eigenvalue weighted by Gasteiger charge is 2.18. The highest BCUT2D eigenvalue weighted by molar-refractivity contribution is 7.99. The van der Waals surface area contributed by atoms with Gasteiger partial charge in [-0.3, -0.25) is 9.59 Å². The van der Waals surface area contributed by atoms with E-state index in [2.05, 4.69) is 5.32 Å². The van der Waals surface area contributed by atoms with Gasteiger partial charge in [0.1, 0.15) is 0 Å². The Labute approximate surface area is 100 Å². The number of amides is 1. The van der Waals surface area contributed by atoms with E-state index >= 15 is 0 Å². The van der Waals surface area contributed by atoms with Gasteiger partial charge in [-0.05, 0) is 30.3 Å². The number of carboxylic acids is 1. The average Bonchev–Trinajstić information content (AvgIpc) is 2.27. The van der Waals surface area contributed by atoms with Crippen LogP contribution in [-0.2, 0) is 9.59 Å². The quantitative estimate of drug-likeness (QED) is 0.767. The van der Waals surface area contributed by atoms with Crippen LogP contribution >= 0.6 is 11.8 Å². The molecule has 1 saturated heterocycles. The summed E-state index contributed by atoms with van der Waals surface area (Å²) in [4.78, 5) is 22.1. The topological polar surface area (TPSA) is 66.4 Å². The third-order valence-electron chi connectivity index (χ3n) is 2.76. The van der Waals surface area contributed by atoms with Gasteiger partial charge in [-0.1, -0.05) is 6.92 Å². The molecule has 1 rings (SSSR count). The first-order chi connectivity index (χ1) is 7.59. The summed E-state index contributed by atoms with van der Waals surface area (Å²) >= 11 is 1.90. The van der Waals surface area contributed by atoms with E-state index in [0.29, 0.717) is 12.3 Å². The molecule has 16 heavy (non-hydrogen) atoms. The Kier molecular flexibility index (Phi) is 5.66. The highest BCUT2D eigenvalue weighted by atomic mass is 32.2. The molecule has 1 aliphatic rings. The third-order valence-corrected chi connectivity index (χ3v) is 4.04. The van der Waals surface area contributed by atoms with Crippen molar-refractivity contribution in [2.24, 2.45) is 11.8 Å². The van der Waals surface area contributed by atoms with Gasteiger partial charge < -0.3 is 10.4 Å². The standard InChI is InChI=1S/C11H19NO3S/c1-8(11(14)15)6-12-10(13)5-9-3-2-4-16-7-9/h8-9H,2-7H2,1H3,(H,12,13)(H,14,15). The number of hydrogen-bond donors (Lipinski definition) is 2. The Hall–Kier alpha value is -0.710. The number of aliphatic carboxylic acids is 1. The molecular weight excluding hydrogens is 226 g/mol. The molecule has 0 saturated carbocycles. The van der Waals surface area contributed by atoms with Crippen LogP contribution in [0, 0.1) is 11.8 Å². The van der Waals surface area contributed by atoms with Crippen molar-refractivity contribution in [3.05, 3.63) is 0 Å². The van der Waals surface area contributed by atoms with Gasteiger partial charge in [0.25, 0.3) is 0 Å². The van der Waals surface area contributed by atoms with Gasteiger partial charge in [-0.15, -0.1) is 0 Å². The van der Waals surface area contributed by atoms with E-state index in [1.165, 1.54) is 12.2 Å². The van der Waals surface area contributed by atoms with Crippen molar-refractivity contribution in [1.82, 2.24) is 5.32 Å². The fraction of sp³-hybridized carbons (Fsp3) is 0.818. The van der Waals surface area contributed by atoms with Crippen molar-refractivity contribution in [1.29, 1.82) is 0 Å². The molecular formula is C11H19NO3S. The summed E-state index contributed by atoms with van der Waals surface area (Å²) in [6.07, 6.45) is 2.85. The summed E-state index contributed by atoms with van der Waals surface area (Å²) in [6, 6.07) is 0. The third kappa shape index (κ3) is 4.88. The van der Waals surface area contributed by atoms with E-state index in [9.17, 15) is 9.59 Å². The maximum atomic E-state index is 11.5. The maximum absolute atomic E-state index is 11.5. The Bertz CT molecular complexity index is 252. The molecule has 2 unspecified atom stereocenters. The SMILES string of the molecule is CC(CNC(=O)CC1CCCSC1)C(=O)O. The van der Waals surface area contributed by atoms with Crippen LogP contribution in [0.3, 0.4) is 0 Å². The maximum Gasteiger partial charge on any atom is 0.308 e. The fourth-order valence-electron chi connectivity index (χ4n) is 1.66. The van der Waals surface area contributed by atoms with Crippen molar-refractivity contribution in [2.45, 2.75) is 26.2 Å². The number of carbonyl (C=O) groups is 2. The Morgan fingerprint density at radius 1 is 1.56 bits per heavy atom. The Morgan fingerprint density at radius 3 is 2.88 bits per heavy atom. The fourth-order valence-corrected chi connectivity index (χ4v) is 2.81. The lowest BCUT2D eigenvalue weighted by molar-refractivity contribution is -0.141. The molecule has 1 amide bonds. The minimum atomic E-state index is -0.867. The highest BCUT2D eigenvalue weighted by Crippen LogP contribution is 2.24. The molecule has 1 aliphatic heterocycles. The first-order valence-corrected chi connectivity index (χ1v) is 6.82. The second-order valence-electron chi connectivity index (χ2n) is 4.33. The Balaban J connectivity index is 2.17. The second kappa shape index (κ2) is 6.78. The van der Waals surface area contributed by atoms with Crippen LogP contribution in [0.4, 0.5) is 0 Å². The molecule has 92 valence electrons. The first kappa shape index (κ1) is 13.4. The van der Waals surface area contributed by atoms with Gasteiger partial charge in [0.15, 0.2) is 0 Å². The van der Waals surface area contributed by atoms with Gasteiger partial charge in [-0.25, -0.2) is 0 Å². The molecule has 0 spiro atoms. The van der Waals surface area contributed by atoms with E-state index in [1.54, 1.807) is 6.92 Å². The summed E-state index contributed by atoms with van der Waals surface area (Å²) in [7, 11) is 0. The lowest BCUT2D eigenvalue weighted by atomic mass is 10.0. The number of nitrogens with one attached hydrogen (secondary N) is 1. The van der Waals surface area contributed by atoms with Gasteiger partial charge in [-0.2, -0.15) is 11.8 Å². The summed E-state index contributed by atoms with van der Waals surface area (Å²) in [5.41, 5.74) is 0.